The number of benzene rings is 2. The summed E-state index contributed by atoms with van der Waals surface area (Å²) in [5.41, 5.74) is 1.10. The predicted octanol–water partition coefficient (Wildman–Crippen LogP) is 0.0253. The van der Waals surface area contributed by atoms with Crippen LogP contribution in [0.15, 0.2) is 64.4 Å². The van der Waals surface area contributed by atoms with E-state index in [0.717, 1.165) is 5.56 Å². The molecule has 0 aliphatic heterocycles. The molecule has 148 valence electrons. The largest absolute Gasteiger partial charge is 0.395 e. The van der Waals surface area contributed by atoms with Crippen LogP contribution < -0.4 is 14.8 Å². The van der Waals surface area contributed by atoms with Crippen molar-refractivity contribution >= 4 is 20.0 Å². The molecular weight excluding hydrogens is 390 g/mol. The van der Waals surface area contributed by atoms with Crippen LogP contribution in [0, 0.1) is 0 Å². The van der Waals surface area contributed by atoms with Crippen LogP contribution in [-0.4, -0.2) is 48.2 Å². The number of aliphatic hydroxyl groups is 1. The first-order chi connectivity index (χ1) is 12.8. The molecule has 4 N–H and O–H groups in total. The molecule has 0 saturated carbocycles. The summed E-state index contributed by atoms with van der Waals surface area (Å²) < 4.78 is 53.0. The first-order valence-electron chi connectivity index (χ1n) is 8.30. The lowest BCUT2D eigenvalue weighted by atomic mass is 10.2. The maximum atomic E-state index is 12.3. The van der Waals surface area contributed by atoms with Crippen molar-refractivity contribution < 1.29 is 21.9 Å². The van der Waals surface area contributed by atoms with Crippen molar-refractivity contribution in [1.82, 2.24) is 14.8 Å². The summed E-state index contributed by atoms with van der Waals surface area (Å²) in [6.45, 7) is 0.850. The van der Waals surface area contributed by atoms with Crippen molar-refractivity contribution in [2.45, 2.75) is 16.3 Å². The SMILES string of the molecule is O=S(=O)(NCCO)c1ccc(S(=O)(=O)NCCNCc2ccccc2)cc1. The number of sulfonamides is 2. The topological polar surface area (TPSA) is 125 Å². The highest BCUT2D eigenvalue weighted by Crippen LogP contribution is 2.14. The first kappa shape index (κ1) is 21.5. The van der Waals surface area contributed by atoms with Gasteiger partial charge in [0, 0.05) is 26.2 Å². The van der Waals surface area contributed by atoms with E-state index in [4.69, 9.17) is 5.11 Å². The molecule has 0 heterocycles. The van der Waals surface area contributed by atoms with Gasteiger partial charge in [0.15, 0.2) is 0 Å². The maximum absolute atomic E-state index is 12.3. The smallest absolute Gasteiger partial charge is 0.240 e. The predicted molar refractivity (Wildman–Crippen MR) is 102 cm³/mol. The van der Waals surface area contributed by atoms with Crippen LogP contribution in [-0.2, 0) is 26.6 Å². The van der Waals surface area contributed by atoms with Gasteiger partial charge in [0.05, 0.1) is 16.4 Å². The molecule has 0 fully saturated rings. The molecule has 2 rings (SSSR count). The van der Waals surface area contributed by atoms with E-state index in [1.165, 1.54) is 24.3 Å². The third-order valence-electron chi connectivity index (χ3n) is 3.61. The number of hydrogen-bond donors (Lipinski definition) is 4. The van der Waals surface area contributed by atoms with Gasteiger partial charge in [-0.25, -0.2) is 26.3 Å². The third kappa shape index (κ3) is 6.69. The highest BCUT2D eigenvalue weighted by molar-refractivity contribution is 7.90. The number of nitrogens with one attached hydrogen (secondary N) is 3. The molecular formula is C17H23N3O5S2. The molecule has 0 aromatic heterocycles. The minimum absolute atomic E-state index is 0.0216. The lowest BCUT2D eigenvalue weighted by Crippen LogP contribution is -2.31. The molecule has 0 saturated heterocycles. The van der Waals surface area contributed by atoms with Crippen molar-refractivity contribution in [2.75, 3.05) is 26.2 Å². The fraction of sp³-hybridized carbons (Fsp3) is 0.294. The summed E-state index contributed by atoms with van der Waals surface area (Å²) in [6.07, 6.45) is 0. The minimum Gasteiger partial charge on any atom is -0.395 e. The highest BCUT2D eigenvalue weighted by atomic mass is 32.2. The molecule has 2 aromatic carbocycles. The second-order valence-electron chi connectivity index (χ2n) is 5.65. The second-order valence-corrected chi connectivity index (χ2v) is 9.19. The van der Waals surface area contributed by atoms with Gasteiger partial charge in [-0.15, -0.1) is 0 Å². The molecule has 0 spiro atoms. The van der Waals surface area contributed by atoms with Crippen LogP contribution in [0.2, 0.25) is 0 Å². The van der Waals surface area contributed by atoms with Gasteiger partial charge in [0.2, 0.25) is 20.0 Å². The monoisotopic (exact) mass is 413 g/mol. The van der Waals surface area contributed by atoms with Crippen molar-refractivity contribution in [3.63, 3.8) is 0 Å². The van der Waals surface area contributed by atoms with E-state index >= 15 is 0 Å². The van der Waals surface area contributed by atoms with Crippen LogP contribution in [0.4, 0.5) is 0 Å². The van der Waals surface area contributed by atoms with Crippen LogP contribution in [0.25, 0.3) is 0 Å². The zero-order valence-corrected chi connectivity index (χ0v) is 16.3. The average Bonchev–Trinajstić information content (AvgIpc) is 2.67. The van der Waals surface area contributed by atoms with Gasteiger partial charge in [-0.2, -0.15) is 0 Å². The molecule has 0 radical (unpaired) electrons. The van der Waals surface area contributed by atoms with Crippen molar-refractivity contribution in [3.8, 4) is 0 Å². The van der Waals surface area contributed by atoms with Gasteiger partial charge in [-0.1, -0.05) is 30.3 Å². The Kier molecular flexibility index (Phi) is 7.90. The normalized spacial score (nSPS) is 12.2. The van der Waals surface area contributed by atoms with Crippen LogP contribution in [0.3, 0.4) is 0 Å². The summed E-state index contributed by atoms with van der Waals surface area (Å²) >= 11 is 0. The summed E-state index contributed by atoms with van der Waals surface area (Å²) in [6, 6.07) is 14.6. The molecule has 0 aliphatic carbocycles. The fourth-order valence-corrected chi connectivity index (χ4v) is 4.30. The molecule has 2 aromatic rings. The summed E-state index contributed by atoms with van der Waals surface area (Å²) in [7, 11) is -7.50. The molecule has 8 nitrogen and oxygen atoms in total. The summed E-state index contributed by atoms with van der Waals surface area (Å²) in [4.78, 5) is -0.0916. The Morgan fingerprint density at radius 2 is 1.22 bits per heavy atom. The van der Waals surface area contributed by atoms with Gasteiger partial charge >= 0.3 is 0 Å². The van der Waals surface area contributed by atoms with E-state index in [2.05, 4.69) is 14.8 Å². The van der Waals surface area contributed by atoms with Crippen molar-refractivity contribution in [2.24, 2.45) is 0 Å². The molecule has 0 unspecified atom stereocenters. The Hall–Kier alpha value is -1.82. The van der Waals surface area contributed by atoms with Gasteiger partial charge < -0.3 is 10.4 Å². The summed E-state index contributed by atoms with van der Waals surface area (Å²) in [5, 5.41) is 11.8. The molecule has 27 heavy (non-hydrogen) atoms. The van der Waals surface area contributed by atoms with E-state index in [9.17, 15) is 16.8 Å². The van der Waals surface area contributed by atoms with Crippen molar-refractivity contribution in [3.05, 3.63) is 60.2 Å². The molecule has 0 aliphatic rings. The Morgan fingerprint density at radius 3 is 1.74 bits per heavy atom. The minimum atomic E-state index is -3.77. The van der Waals surface area contributed by atoms with Crippen molar-refractivity contribution in [1.29, 1.82) is 0 Å². The summed E-state index contributed by atoms with van der Waals surface area (Å²) in [5.74, 6) is 0. The highest BCUT2D eigenvalue weighted by Gasteiger charge is 2.17. The Labute approximate surface area is 159 Å². The standard InChI is InChI=1S/C17H23N3O5S2/c21-13-12-20-27(24,25)17-8-6-16(7-9-17)26(22,23)19-11-10-18-14-15-4-2-1-3-5-15/h1-9,18-21H,10-14H2. The lowest BCUT2D eigenvalue weighted by molar-refractivity contribution is 0.301. The van der Waals surface area contributed by atoms with Crippen LogP contribution >= 0.6 is 0 Å². The quantitative estimate of drug-likeness (QED) is 0.385. The molecule has 10 heteroatoms. The average molecular weight is 414 g/mol. The van der Waals surface area contributed by atoms with Gasteiger partial charge in [0.1, 0.15) is 0 Å². The number of rotatable bonds is 11. The lowest BCUT2D eigenvalue weighted by Gasteiger charge is -2.09. The van der Waals surface area contributed by atoms with E-state index in [1.807, 2.05) is 30.3 Å². The number of aliphatic hydroxyl groups excluding tert-OH is 1. The number of hydrogen-bond acceptors (Lipinski definition) is 6. The van der Waals surface area contributed by atoms with Gasteiger partial charge in [-0.05, 0) is 29.8 Å². The van der Waals surface area contributed by atoms with E-state index in [1.54, 1.807) is 0 Å². The zero-order valence-electron chi connectivity index (χ0n) is 14.6. The zero-order chi connectivity index (χ0) is 19.8. The molecule has 0 amide bonds. The Balaban J connectivity index is 1.87. The maximum Gasteiger partial charge on any atom is 0.240 e. The van der Waals surface area contributed by atoms with Gasteiger partial charge in [0.25, 0.3) is 0 Å². The second kappa shape index (κ2) is 9.93. The van der Waals surface area contributed by atoms with Crippen LogP contribution in [0.5, 0.6) is 0 Å². The van der Waals surface area contributed by atoms with E-state index < -0.39 is 20.0 Å². The fourth-order valence-electron chi connectivity index (χ4n) is 2.25. The Bertz CT molecular complexity index is 915. The van der Waals surface area contributed by atoms with Crippen LogP contribution in [0.1, 0.15) is 5.56 Å². The molecule has 0 atom stereocenters. The first-order valence-corrected chi connectivity index (χ1v) is 11.3. The van der Waals surface area contributed by atoms with E-state index in [-0.39, 0.29) is 29.5 Å². The van der Waals surface area contributed by atoms with Gasteiger partial charge in [-0.3, -0.25) is 0 Å². The molecule has 0 bridgehead atoms. The Morgan fingerprint density at radius 1 is 0.704 bits per heavy atom. The van der Waals surface area contributed by atoms with E-state index in [0.29, 0.717) is 13.1 Å². The third-order valence-corrected chi connectivity index (χ3v) is 6.57.